The lowest BCUT2D eigenvalue weighted by Gasteiger charge is -2.39. The fourth-order valence-corrected chi connectivity index (χ4v) is 7.91. The van der Waals surface area contributed by atoms with E-state index >= 15 is 0 Å². The Labute approximate surface area is 268 Å². The zero-order valence-corrected chi connectivity index (χ0v) is 26.3. The second-order valence-electron chi connectivity index (χ2n) is 12.8. The number of amides is 2. The van der Waals surface area contributed by atoms with Crippen molar-refractivity contribution in [3.05, 3.63) is 85.5 Å². The summed E-state index contributed by atoms with van der Waals surface area (Å²) in [6, 6.07) is 15.1. The van der Waals surface area contributed by atoms with E-state index in [-0.39, 0.29) is 44.2 Å². The molecule has 2 aromatic carbocycles. The van der Waals surface area contributed by atoms with Gasteiger partial charge in [-0.05, 0) is 49.8 Å². The highest BCUT2D eigenvalue weighted by molar-refractivity contribution is 5.99. The van der Waals surface area contributed by atoms with Crippen LogP contribution in [-0.2, 0) is 36.9 Å². The molecule has 11 nitrogen and oxygen atoms in total. The zero-order chi connectivity index (χ0) is 32.6. The van der Waals surface area contributed by atoms with Gasteiger partial charge in [-0.25, -0.2) is 4.68 Å². The Bertz CT molecular complexity index is 1640. The molecule has 7 atom stereocenters. The van der Waals surface area contributed by atoms with Crippen LogP contribution in [0.5, 0.6) is 0 Å². The van der Waals surface area contributed by atoms with Crippen molar-refractivity contribution in [1.82, 2.24) is 24.8 Å². The lowest BCUT2D eigenvalue weighted by molar-refractivity contribution is -0.164. The molecule has 4 heterocycles. The highest BCUT2D eigenvalue weighted by Crippen LogP contribution is 2.65. The van der Waals surface area contributed by atoms with Crippen molar-refractivity contribution in [1.29, 1.82) is 0 Å². The van der Waals surface area contributed by atoms with Gasteiger partial charge in [0, 0.05) is 6.54 Å². The molecule has 46 heavy (non-hydrogen) atoms. The predicted molar refractivity (Wildman–Crippen MR) is 170 cm³/mol. The van der Waals surface area contributed by atoms with E-state index in [4.69, 9.17) is 9.47 Å². The van der Waals surface area contributed by atoms with Gasteiger partial charge in [-0.1, -0.05) is 66.8 Å². The van der Waals surface area contributed by atoms with E-state index in [0.717, 1.165) is 11.1 Å². The number of carbonyl (C=O) groups is 3. The van der Waals surface area contributed by atoms with Crippen LogP contribution in [0, 0.1) is 17.8 Å². The number of likely N-dealkylation sites (tertiary alicyclic amines) is 1. The van der Waals surface area contributed by atoms with Gasteiger partial charge in [0.05, 0.1) is 36.3 Å². The molecule has 6 rings (SSSR count). The van der Waals surface area contributed by atoms with Crippen LogP contribution in [0.4, 0.5) is 0 Å². The van der Waals surface area contributed by atoms with Crippen LogP contribution in [0.25, 0.3) is 11.0 Å². The third kappa shape index (κ3) is 5.02. The molecule has 0 radical (unpaired) electrons. The third-order valence-corrected chi connectivity index (χ3v) is 10.1. The molecule has 1 spiro atoms. The molecule has 3 aliphatic rings. The molecule has 3 saturated heterocycles. The maximum Gasteiger partial charge on any atom is 0.312 e. The fraction of sp³-hybridized carbons (Fsp3) is 0.457. The summed E-state index contributed by atoms with van der Waals surface area (Å²) >= 11 is 0. The highest BCUT2D eigenvalue weighted by atomic mass is 16.6. The van der Waals surface area contributed by atoms with E-state index in [0.29, 0.717) is 24.8 Å². The van der Waals surface area contributed by atoms with Gasteiger partial charge in [0.2, 0.25) is 11.8 Å². The van der Waals surface area contributed by atoms with Gasteiger partial charge in [-0.15, -0.1) is 18.3 Å². The number of benzene rings is 2. The summed E-state index contributed by atoms with van der Waals surface area (Å²) in [6.45, 7) is 11.4. The number of nitrogens with zero attached hydrogens (tertiary/aromatic N) is 5. The molecular weight excluding hydrogens is 586 g/mol. The van der Waals surface area contributed by atoms with Crippen molar-refractivity contribution in [3.63, 3.8) is 0 Å². The van der Waals surface area contributed by atoms with Gasteiger partial charge < -0.3 is 24.4 Å². The predicted octanol–water partition coefficient (Wildman–Crippen LogP) is 3.14. The summed E-state index contributed by atoms with van der Waals surface area (Å²) in [5.41, 5.74) is 0.00994. The van der Waals surface area contributed by atoms with Crippen molar-refractivity contribution < 1.29 is 29.0 Å². The number of hydrogen-bond acceptors (Lipinski definition) is 8. The topological polar surface area (TPSA) is 127 Å². The molecule has 1 N–H and O–H groups in total. The normalized spacial score (nSPS) is 28.7. The number of ether oxygens (including phenoxy) is 2. The number of para-hydroxylation sites is 1. The van der Waals surface area contributed by atoms with Gasteiger partial charge in [0.1, 0.15) is 29.7 Å². The SMILES string of the molecule is C=CCCOC(=O)[C@H]1[C@H]2C(=O)N([C@@H](CO)Cc3ccccc3)C(C(=O)N(CC=C)Cn3nnc4ccccc43)C23CC(C)[C@]1(C)O3. The Morgan fingerprint density at radius 2 is 1.91 bits per heavy atom. The number of carbonyl (C=O) groups excluding carboxylic acids is 3. The van der Waals surface area contributed by atoms with Crippen molar-refractivity contribution in [2.24, 2.45) is 17.8 Å². The largest absolute Gasteiger partial charge is 0.465 e. The molecular formula is C35H41N5O6. The molecule has 1 aromatic heterocycles. The van der Waals surface area contributed by atoms with Crippen molar-refractivity contribution in [3.8, 4) is 0 Å². The van der Waals surface area contributed by atoms with Gasteiger partial charge >= 0.3 is 5.97 Å². The molecule has 3 aromatic rings. The minimum atomic E-state index is -1.31. The Hall–Kier alpha value is -4.35. The smallest absolute Gasteiger partial charge is 0.312 e. The molecule has 2 bridgehead atoms. The lowest BCUT2D eigenvalue weighted by Crippen LogP contribution is -2.59. The van der Waals surface area contributed by atoms with Gasteiger partial charge in [-0.2, -0.15) is 0 Å². The summed E-state index contributed by atoms with van der Waals surface area (Å²) in [4.78, 5) is 46.5. The van der Waals surface area contributed by atoms with Gasteiger partial charge in [0.15, 0.2) is 0 Å². The van der Waals surface area contributed by atoms with E-state index < -0.39 is 41.1 Å². The summed E-state index contributed by atoms with van der Waals surface area (Å²) in [6.07, 6.45) is 4.46. The number of fused-ring (bicyclic) bond motifs is 2. The molecule has 0 aliphatic carbocycles. The summed E-state index contributed by atoms with van der Waals surface area (Å²) < 4.78 is 14.2. The van der Waals surface area contributed by atoms with Crippen LogP contribution in [0.2, 0.25) is 0 Å². The lowest BCUT2D eigenvalue weighted by atomic mass is 9.62. The number of esters is 1. The van der Waals surface area contributed by atoms with Gasteiger partial charge in [-0.3, -0.25) is 14.4 Å². The first-order chi connectivity index (χ1) is 22.2. The Morgan fingerprint density at radius 1 is 1.17 bits per heavy atom. The molecule has 2 amide bonds. The molecule has 11 heteroatoms. The molecule has 3 unspecified atom stereocenters. The van der Waals surface area contributed by atoms with Crippen LogP contribution in [0.3, 0.4) is 0 Å². The standard InChI is InChI=1S/C35H41N5O6/c1-5-7-18-45-33(44)29-28-31(42)40(25(21-41)19-24-13-9-8-10-14-24)30(35(28)20-23(3)34(29,4)46-35)32(43)38(17-6-2)22-39-27-16-12-11-15-26(27)36-37-39/h5-6,8-16,23,25,28-30,41H,1-2,7,17-22H2,3-4H3/t23?,25-,28+,29-,30?,34+,35?/m1/s1. The molecule has 3 aliphatic heterocycles. The number of hydrogen-bond donors (Lipinski definition) is 1. The maximum atomic E-state index is 15.0. The van der Waals surface area contributed by atoms with Crippen molar-refractivity contribution in [2.75, 3.05) is 19.8 Å². The second-order valence-corrected chi connectivity index (χ2v) is 12.8. The Kier molecular flexibility index (Phi) is 8.56. The third-order valence-electron chi connectivity index (χ3n) is 10.1. The van der Waals surface area contributed by atoms with Crippen molar-refractivity contribution in [2.45, 2.75) is 63.1 Å². The van der Waals surface area contributed by atoms with Crippen LogP contribution >= 0.6 is 0 Å². The minimum absolute atomic E-state index is 0.0486. The fourth-order valence-electron chi connectivity index (χ4n) is 7.91. The van der Waals surface area contributed by atoms with Crippen molar-refractivity contribution >= 4 is 28.8 Å². The Morgan fingerprint density at radius 3 is 2.63 bits per heavy atom. The molecule has 0 saturated carbocycles. The number of aliphatic hydroxyl groups is 1. The van der Waals surface area contributed by atoms with Crippen LogP contribution in [0.15, 0.2) is 79.9 Å². The Balaban J connectivity index is 1.43. The zero-order valence-electron chi connectivity index (χ0n) is 26.3. The minimum Gasteiger partial charge on any atom is -0.465 e. The maximum absolute atomic E-state index is 15.0. The first-order valence-corrected chi connectivity index (χ1v) is 15.8. The molecule has 242 valence electrons. The van der Waals surface area contributed by atoms with Crippen LogP contribution < -0.4 is 0 Å². The molecule has 3 fully saturated rings. The monoisotopic (exact) mass is 627 g/mol. The van der Waals surface area contributed by atoms with E-state index in [1.807, 2.05) is 68.4 Å². The van der Waals surface area contributed by atoms with E-state index in [2.05, 4.69) is 23.5 Å². The van der Waals surface area contributed by atoms with Gasteiger partial charge in [0.25, 0.3) is 0 Å². The van der Waals surface area contributed by atoms with E-state index in [1.165, 1.54) is 4.90 Å². The summed E-state index contributed by atoms with van der Waals surface area (Å²) in [5, 5.41) is 19.3. The van der Waals surface area contributed by atoms with Crippen LogP contribution in [-0.4, -0.2) is 90.7 Å². The van der Waals surface area contributed by atoms with E-state index in [9.17, 15) is 19.5 Å². The second kappa shape index (κ2) is 12.4. The number of rotatable bonds is 13. The average Bonchev–Trinajstić information content (AvgIpc) is 3.73. The number of aliphatic hydroxyl groups excluding tert-OH is 1. The summed E-state index contributed by atoms with van der Waals surface area (Å²) in [5.74, 6) is -3.32. The number of aromatic nitrogens is 3. The van der Waals surface area contributed by atoms with Crippen LogP contribution in [0.1, 0.15) is 32.3 Å². The summed E-state index contributed by atoms with van der Waals surface area (Å²) in [7, 11) is 0. The average molecular weight is 628 g/mol. The highest BCUT2D eigenvalue weighted by Gasteiger charge is 2.80. The first kappa shape index (κ1) is 31.6. The first-order valence-electron chi connectivity index (χ1n) is 15.8. The quantitative estimate of drug-likeness (QED) is 0.174. The van der Waals surface area contributed by atoms with E-state index in [1.54, 1.807) is 21.7 Å².